The number of hydrogen-bond donors (Lipinski definition) is 3. The fraction of sp³-hybridized carbons (Fsp3) is 0.304. The molecule has 3 aromatic rings. The number of hydrogen-bond acceptors (Lipinski definition) is 3. The number of H-pyrrole nitrogens is 1. The summed E-state index contributed by atoms with van der Waals surface area (Å²) in [6.45, 7) is 11.2. The Hall–Kier alpha value is -2.56. The predicted molar refractivity (Wildman–Crippen MR) is 112 cm³/mol. The third kappa shape index (κ3) is 4.79. The molecule has 2 aromatic carbocycles. The van der Waals surface area contributed by atoms with Gasteiger partial charge in [-0.3, -0.25) is 0 Å². The van der Waals surface area contributed by atoms with Crippen LogP contribution in [0, 0.1) is 0 Å². The van der Waals surface area contributed by atoms with Crippen molar-refractivity contribution in [3.8, 4) is 5.75 Å². The van der Waals surface area contributed by atoms with Gasteiger partial charge in [-0.2, -0.15) is 0 Å². The minimum atomic E-state index is -0.585. The SMILES string of the molecule is C=C(c1ccccc1OCC(O)CNC(C)(C)C)c1cccc2[nH]ccc12. The maximum Gasteiger partial charge on any atom is 0.127 e. The van der Waals surface area contributed by atoms with Crippen LogP contribution < -0.4 is 10.1 Å². The summed E-state index contributed by atoms with van der Waals surface area (Å²) in [4.78, 5) is 3.23. The topological polar surface area (TPSA) is 57.3 Å². The summed E-state index contributed by atoms with van der Waals surface area (Å²) in [5.74, 6) is 0.727. The highest BCUT2D eigenvalue weighted by Gasteiger charge is 2.15. The Kier molecular flexibility index (Phi) is 5.68. The average Bonchev–Trinajstić information content (AvgIpc) is 3.12. The number of aromatic nitrogens is 1. The van der Waals surface area contributed by atoms with Crippen LogP contribution in [-0.4, -0.2) is 34.9 Å². The lowest BCUT2D eigenvalue weighted by atomic mass is 9.96. The monoisotopic (exact) mass is 364 g/mol. The lowest BCUT2D eigenvalue weighted by Crippen LogP contribution is -2.42. The van der Waals surface area contributed by atoms with Crippen molar-refractivity contribution in [1.29, 1.82) is 0 Å². The molecular formula is C23H28N2O2. The van der Waals surface area contributed by atoms with Gasteiger partial charge in [0.2, 0.25) is 0 Å². The second-order valence-corrected chi connectivity index (χ2v) is 7.81. The Bertz CT molecular complexity index is 921. The molecule has 1 heterocycles. The van der Waals surface area contributed by atoms with E-state index in [9.17, 15) is 5.11 Å². The molecule has 0 spiro atoms. The van der Waals surface area contributed by atoms with Gasteiger partial charge in [-0.1, -0.05) is 36.9 Å². The molecular weight excluding hydrogens is 336 g/mol. The van der Waals surface area contributed by atoms with E-state index < -0.39 is 6.10 Å². The number of aliphatic hydroxyl groups excluding tert-OH is 1. The standard InChI is InChI=1S/C23H28N2O2/c1-16(18-9-7-10-21-20(18)12-13-24-21)19-8-5-6-11-22(19)27-15-17(26)14-25-23(2,3)4/h5-13,17,24-26H,1,14-15H2,2-4H3. The Morgan fingerprint density at radius 3 is 2.63 bits per heavy atom. The molecule has 0 fully saturated rings. The molecule has 0 saturated heterocycles. The number of benzene rings is 2. The summed E-state index contributed by atoms with van der Waals surface area (Å²) in [5, 5.41) is 14.6. The van der Waals surface area contributed by atoms with Gasteiger partial charge in [-0.15, -0.1) is 0 Å². The minimum Gasteiger partial charge on any atom is -0.490 e. The third-order valence-corrected chi connectivity index (χ3v) is 4.43. The van der Waals surface area contributed by atoms with Crippen LogP contribution in [0.3, 0.4) is 0 Å². The smallest absolute Gasteiger partial charge is 0.127 e. The quantitative estimate of drug-likeness (QED) is 0.584. The van der Waals surface area contributed by atoms with Gasteiger partial charge >= 0.3 is 0 Å². The number of rotatable bonds is 7. The largest absolute Gasteiger partial charge is 0.490 e. The van der Waals surface area contributed by atoms with Crippen LogP contribution in [0.5, 0.6) is 5.75 Å². The lowest BCUT2D eigenvalue weighted by molar-refractivity contribution is 0.0999. The first kappa shape index (κ1) is 19.2. The Balaban J connectivity index is 1.76. The molecule has 4 nitrogen and oxygen atoms in total. The van der Waals surface area contributed by atoms with E-state index in [1.807, 2.05) is 42.6 Å². The van der Waals surface area contributed by atoms with E-state index in [2.05, 4.69) is 49.8 Å². The number of aliphatic hydroxyl groups is 1. The lowest BCUT2D eigenvalue weighted by Gasteiger charge is -2.23. The molecule has 0 bridgehead atoms. The van der Waals surface area contributed by atoms with Crippen molar-refractivity contribution < 1.29 is 9.84 Å². The zero-order valence-corrected chi connectivity index (χ0v) is 16.3. The van der Waals surface area contributed by atoms with Gasteiger partial charge in [0.15, 0.2) is 0 Å². The number of nitrogens with one attached hydrogen (secondary N) is 2. The second-order valence-electron chi connectivity index (χ2n) is 7.81. The summed E-state index contributed by atoms with van der Waals surface area (Å²) < 4.78 is 5.94. The van der Waals surface area contributed by atoms with Crippen molar-refractivity contribution >= 4 is 16.5 Å². The van der Waals surface area contributed by atoms with Crippen molar-refractivity contribution in [3.63, 3.8) is 0 Å². The average molecular weight is 364 g/mol. The molecule has 0 aliphatic heterocycles. The highest BCUT2D eigenvalue weighted by Crippen LogP contribution is 2.33. The number of aromatic amines is 1. The van der Waals surface area contributed by atoms with Crippen molar-refractivity contribution in [2.24, 2.45) is 0 Å². The fourth-order valence-corrected chi connectivity index (χ4v) is 3.00. The van der Waals surface area contributed by atoms with Crippen LogP contribution >= 0.6 is 0 Å². The van der Waals surface area contributed by atoms with Gasteiger partial charge in [0, 0.05) is 34.7 Å². The van der Waals surface area contributed by atoms with E-state index in [1.165, 1.54) is 0 Å². The van der Waals surface area contributed by atoms with Crippen molar-refractivity contribution in [2.45, 2.75) is 32.4 Å². The van der Waals surface area contributed by atoms with Crippen LogP contribution in [0.2, 0.25) is 0 Å². The minimum absolute atomic E-state index is 0.0393. The van der Waals surface area contributed by atoms with Gasteiger partial charge in [0.05, 0.1) is 0 Å². The first-order valence-corrected chi connectivity index (χ1v) is 9.26. The zero-order valence-electron chi connectivity index (χ0n) is 16.3. The highest BCUT2D eigenvalue weighted by molar-refractivity contribution is 5.96. The van der Waals surface area contributed by atoms with E-state index in [1.54, 1.807) is 0 Å². The van der Waals surface area contributed by atoms with Gasteiger partial charge in [0.25, 0.3) is 0 Å². The molecule has 1 aromatic heterocycles. The van der Waals surface area contributed by atoms with Gasteiger partial charge in [0.1, 0.15) is 18.5 Å². The van der Waals surface area contributed by atoms with E-state index in [0.717, 1.165) is 33.4 Å². The van der Waals surface area contributed by atoms with Crippen LogP contribution in [0.4, 0.5) is 0 Å². The molecule has 4 heteroatoms. The molecule has 1 atom stereocenters. The van der Waals surface area contributed by atoms with Gasteiger partial charge < -0.3 is 20.1 Å². The van der Waals surface area contributed by atoms with Crippen LogP contribution in [0.1, 0.15) is 31.9 Å². The number of β-amino-alcohol motifs (C(OH)–C–C–N with tert-alkyl or cyclic N) is 1. The summed E-state index contributed by atoms with van der Waals surface area (Å²) in [6, 6.07) is 16.0. The van der Waals surface area contributed by atoms with Crippen molar-refractivity contribution in [2.75, 3.05) is 13.2 Å². The summed E-state index contributed by atoms with van der Waals surface area (Å²) in [7, 11) is 0. The van der Waals surface area contributed by atoms with Crippen molar-refractivity contribution in [3.05, 3.63) is 72.4 Å². The van der Waals surface area contributed by atoms with Gasteiger partial charge in [-0.05, 0) is 50.1 Å². The summed E-state index contributed by atoms with van der Waals surface area (Å²) in [5.41, 5.74) is 3.94. The maximum atomic E-state index is 10.2. The van der Waals surface area contributed by atoms with Crippen LogP contribution in [0.15, 0.2) is 61.3 Å². The fourth-order valence-electron chi connectivity index (χ4n) is 3.00. The molecule has 142 valence electrons. The first-order valence-electron chi connectivity index (χ1n) is 9.26. The molecule has 0 aliphatic carbocycles. The molecule has 0 aliphatic rings. The normalized spacial score (nSPS) is 12.9. The summed E-state index contributed by atoms with van der Waals surface area (Å²) in [6.07, 6.45) is 1.35. The van der Waals surface area contributed by atoms with E-state index >= 15 is 0 Å². The second kappa shape index (κ2) is 7.99. The molecule has 0 amide bonds. The Morgan fingerprint density at radius 1 is 1.11 bits per heavy atom. The number of ether oxygens (including phenoxy) is 1. The molecule has 1 unspecified atom stereocenters. The van der Waals surface area contributed by atoms with Crippen LogP contribution in [-0.2, 0) is 0 Å². The Labute approximate surface area is 160 Å². The molecule has 3 N–H and O–H groups in total. The Morgan fingerprint density at radius 2 is 1.85 bits per heavy atom. The molecule has 27 heavy (non-hydrogen) atoms. The van der Waals surface area contributed by atoms with E-state index in [0.29, 0.717) is 6.54 Å². The van der Waals surface area contributed by atoms with Gasteiger partial charge in [-0.25, -0.2) is 0 Å². The highest BCUT2D eigenvalue weighted by atomic mass is 16.5. The summed E-state index contributed by atoms with van der Waals surface area (Å²) >= 11 is 0. The van der Waals surface area contributed by atoms with E-state index in [4.69, 9.17) is 4.74 Å². The first-order chi connectivity index (χ1) is 12.8. The number of fused-ring (bicyclic) bond motifs is 1. The van der Waals surface area contributed by atoms with E-state index in [-0.39, 0.29) is 12.1 Å². The third-order valence-electron chi connectivity index (χ3n) is 4.43. The molecule has 0 saturated carbocycles. The molecule has 0 radical (unpaired) electrons. The molecule has 3 rings (SSSR count). The predicted octanol–water partition coefficient (Wildman–Crippen LogP) is 4.36. The zero-order chi connectivity index (χ0) is 19.4. The number of para-hydroxylation sites is 1. The maximum absolute atomic E-state index is 10.2. The van der Waals surface area contributed by atoms with Crippen LogP contribution in [0.25, 0.3) is 16.5 Å². The van der Waals surface area contributed by atoms with Crippen molar-refractivity contribution in [1.82, 2.24) is 10.3 Å².